The fourth-order valence-corrected chi connectivity index (χ4v) is 0.272. The summed E-state index contributed by atoms with van der Waals surface area (Å²) in [5.41, 5.74) is 0. The molecule has 0 spiro atoms. The van der Waals surface area contributed by atoms with Gasteiger partial charge in [-0.25, -0.2) is 0 Å². The van der Waals surface area contributed by atoms with Gasteiger partial charge in [-0.3, -0.25) is 0 Å². The predicted molar refractivity (Wildman–Crippen MR) is 38.3 cm³/mol. The Bertz CT molecular complexity index is 286. The molecule has 20 heavy (non-hydrogen) atoms. The number of carboxylic acids is 4. The van der Waals surface area contributed by atoms with E-state index in [4.69, 9.17) is 0 Å². The van der Waals surface area contributed by atoms with E-state index < -0.39 is 23.9 Å². The summed E-state index contributed by atoms with van der Waals surface area (Å²) in [6.07, 6.45) is 1.54. The van der Waals surface area contributed by atoms with Crippen LogP contribution in [0, 0.1) is 0 Å². The first-order chi connectivity index (χ1) is 7.25. The summed E-state index contributed by atoms with van der Waals surface area (Å²) < 4.78 is 0. The number of aliphatic carboxylic acids is 4. The van der Waals surface area contributed by atoms with E-state index in [-0.39, 0.29) is 75.4 Å². The standard InChI is InChI=1S/2C4H4O4.4Li/c2*5-3(6)1-2-4(7)8;;;;/h2*1-2H,(H,5,6)(H,7,8);;;;/q;;4*+1/p-4/b2*2-1-;;;;. The largest absolute Gasteiger partial charge is 1.00 e. The van der Waals surface area contributed by atoms with Gasteiger partial charge < -0.3 is 39.6 Å². The van der Waals surface area contributed by atoms with Gasteiger partial charge in [0.05, 0.1) is 23.9 Å². The number of carbonyl (C=O) groups is 4. The second-order valence-electron chi connectivity index (χ2n) is 1.94. The van der Waals surface area contributed by atoms with Crippen molar-refractivity contribution in [3.63, 3.8) is 0 Å². The van der Waals surface area contributed by atoms with Crippen LogP contribution in [0.1, 0.15) is 0 Å². The van der Waals surface area contributed by atoms with Crippen LogP contribution >= 0.6 is 0 Å². The summed E-state index contributed by atoms with van der Waals surface area (Å²) in [5.74, 6) is -6.19. The van der Waals surface area contributed by atoms with Crippen LogP contribution in [0.2, 0.25) is 0 Å². The Morgan fingerprint density at radius 3 is 0.600 bits per heavy atom. The van der Waals surface area contributed by atoms with Crippen molar-refractivity contribution in [3.05, 3.63) is 24.3 Å². The monoisotopic (exact) mass is 256 g/mol. The second-order valence-corrected chi connectivity index (χ2v) is 1.94. The van der Waals surface area contributed by atoms with Crippen molar-refractivity contribution >= 4 is 23.9 Å². The van der Waals surface area contributed by atoms with Crippen molar-refractivity contribution in [3.8, 4) is 0 Å². The number of carboxylic acid groups (broad SMARTS) is 4. The van der Waals surface area contributed by atoms with Crippen LogP contribution in [-0.2, 0) is 19.2 Å². The summed E-state index contributed by atoms with van der Waals surface area (Å²) in [5, 5.41) is 37.7. The molecule has 88 valence electrons. The van der Waals surface area contributed by atoms with E-state index in [9.17, 15) is 39.6 Å². The average Bonchev–Trinajstić information content (AvgIpc) is 2.12. The summed E-state index contributed by atoms with van der Waals surface area (Å²) in [6.45, 7) is 0. The first-order valence-electron chi connectivity index (χ1n) is 3.45. The van der Waals surface area contributed by atoms with Gasteiger partial charge in [-0.05, 0) is 24.3 Å². The van der Waals surface area contributed by atoms with E-state index in [1.165, 1.54) is 0 Å². The molecule has 8 nitrogen and oxygen atoms in total. The van der Waals surface area contributed by atoms with Gasteiger partial charge in [0.1, 0.15) is 0 Å². The van der Waals surface area contributed by atoms with Crippen molar-refractivity contribution in [1.29, 1.82) is 0 Å². The van der Waals surface area contributed by atoms with E-state index in [2.05, 4.69) is 0 Å². The van der Waals surface area contributed by atoms with Gasteiger partial charge in [0.25, 0.3) is 0 Å². The molecule has 0 atom stereocenters. The molecule has 0 aromatic rings. The molecule has 0 aromatic carbocycles. The van der Waals surface area contributed by atoms with E-state index in [0.29, 0.717) is 24.3 Å². The van der Waals surface area contributed by atoms with Gasteiger partial charge in [0.15, 0.2) is 0 Å². The number of carbonyl (C=O) groups excluding carboxylic acids is 4. The van der Waals surface area contributed by atoms with Gasteiger partial charge in [-0.1, -0.05) is 0 Å². The van der Waals surface area contributed by atoms with Crippen LogP contribution in [0.25, 0.3) is 0 Å². The van der Waals surface area contributed by atoms with E-state index >= 15 is 0 Å². The molecule has 0 rings (SSSR count). The third-order valence-electron chi connectivity index (χ3n) is 0.711. The molecule has 0 aliphatic carbocycles. The Labute approximate surface area is 162 Å². The number of rotatable bonds is 4. The smallest absolute Gasteiger partial charge is 0.545 e. The van der Waals surface area contributed by atoms with Crippen LogP contribution in [-0.4, -0.2) is 23.9 Å². The molecule has 0 aliphatic heterocycles. The van der Waals surface area contributed by atoms with Gasteiger partial charge in [0.2, 0.25) is 0 Å². The maximum absolute atomic E-state index is 9.41. The quantitative estimate of drug-likeness (QED) is 0.353. The molecule has 12 heteroatoms. The first-order valence-corrected chi connectivity index (χ1v) is 3.45. The SMILES string of the molecule is O=C([O-])/C=C\C(=O)[O-].O=C([O-])/C=C\C(=O)[O-].[Li+].[Li+].[Li+].[Li+]. The molecule has 0 bridgehead atoms. The Balaban J connectivity index is -0.0000000408. The van der Waals surface area contributed by atoms with E-state index in [1.807, 2.05) is 0 Å². The molecule has 0 radical (unpaired) electrons. The molecule has 0 heterocycles. The van der Waals surface area contributed by atoms with Gasteiger partial charge in [0, 0.05) is 0 Å². The van der Waals surface area contributed by atoms with Gasteiger partial charge in [-0.15, -0.1) is 0 Å². The summed E-state index contributed by atoms with van der Waals surface area (Å²) >= 11 is 0. The molecule has 0 amide bonds. The molecule has 0 aliphatic rings. The van der Waals surface area contributed by atoms with Crippen LogP contribution in [0.3, 0.4) is 0 Å². The van der Waals surface area contributed by atoms with Crippen molar-refractivity contribution in [1.82, 2.24) is 0 Å². The minimum Gasteiger partial charge on any atom is -0.545 e. The number of hydrogen-bond donors (Lipinski definition) is 0. The zero-order chi connectivity index (χ0) is 13.1. The third kappa shape index (κ3) is 52.4. The Morgan fingerprint density at radius 2 is 0.550 bits per heavy atom. The topological polar surface area (TPSA) is 161 Å². The third-order valence-corrected chi connectivity index (χ3v) is 0.711. The van der Waals surface area contributed by atoms with Gasteiger partial charge >= 0.3 is 75.4 Å². The Hall–Kier alpha value is -0.250. The van der Waals surface area contributed by atoms with Crippen LogP contribution in [0.4, 0.5) is 0 Å². The Kier molecular flexibility index (Phi) is 43.7. The van der Waals surface area contributed by atoms with Crippen molar-refractivity contribution < 1.29 is 115 Å². The molecule has 0 unspecified atom stereocenters. The van der Waals surface area contributed by atoms with E-state index in [0.717, 1.165) is 0 Å². The van der Waals surface area contributed by atoms with Crippen LogP contribution in [0.15, 0.2) is 24.3 Å². The fraction of sp³-hybridized carbons (Fsp3) is 0. The van der Waals surface area contributed by atoms with Crippen LogP contribution < -0.4 is 95.9 Å². The maximum Gasteiger partial charge on any atom is 1.00 e. The van der Waals surface area contributed by atoms with Crippen molar-refractivity contribution in [2.24, 2.45) is 0 Å². The summed E-state index contributed by atoms with van der Waals surface area (Å²) in [6, 6.07) is 0. The normalized spacial score (nSPS) is 7.60. The maximum atomic E-state index is 9.41. The zero-order valence-electron chi connectivity index (χ0n) is 11.6. The molecule has 0 saturated heterocycles. The fourth-order valence-electron chi connectivity index (χ4n) is 0.272. The zero-order valence-corrected chi connectivity index (χ0v) is 11.6. The molecular formula is C8H4Li4O8. The summed E-state index contributed by atoms with van der Waals surface area (Å²) in [7, 11) is 0. The van der Waals surface area contributed by atoms with Crippen molar-refractivity contribution in [2.75, 3.05) is 0 Å². The molecular weight excluding hydrogens is 252 g/mol. The van der Waals surface area contributed by atoms with Gasteiger partial charge in [-0.2, -0.15) is 0 Å². The average molecular weight is 256 g/mol. The molecule has 0 saturated carbocycles. The van der Waals surface area contributed by atoms with E-state index in [1.54, 1.807) is 0 Å². The molecule has 0 fully saturated rings. The predicted octanol–water partition coefficient (Wildman–Crippen LogP) is -17.9. The molecule has 0 aromatic heterocycles. The molecule has 0 N–H and O–H groups in total. The minimum absolute atomic E-state index is 0. The first kappa shape index (κ1) is 36.7. The summed E-state index contributed by atoms with van der Waals surface area (Å²) in [4.78, 5) is 37.7. The Morgan fingerprint density at radius 1 is 0.450 bits per heavy atom. The van der Waals surface area contributed by atoms with Crippen molar-refractivity contribution in [2.45, 2.75) is 0 Å². The number of hydrogen-bond acceptors (Lipinski definition) is 8. The second kappa shape index (κ2) is 23.8. The van der Waals surface area contributed by atoms with Crippen LogP contribution in [0.5, 0.6) is 0 Å². The minimum atomic E-state index is -1.55.